The van der Waals surface area contributed by atoms with Crippen LogP contribution in [0.25, 0.3) is 16.8 Å². The van der Waals surface area contributed by atoms with Gasteiger partial charge in [0.2, 0.25) is 0 Å². The molecule has 0 spiro atoms. The van der Waals surface area contributed by atoms with Crippen LogP contribution >= 0.6 is 0 Å². The minimum absolute atomic E-state index is 0.534. The number of nitrogens with zero attached hydrogens (tertiary/aromatic N) is 2. The molecule has 3 N–H and O–H groups in total. The molecular formula is C16H16N4O. The van der Waals surface area contributed by atoms with E-state index in [0.717, 1.165) is 35.6 Å². The lowest BCUT2D eigenvalue weighted by molar-refractivity contribution is 0.326. The normalized spacial score (nSPS) is 14.5. The second kappa shape index (κ2) is 4.79. The highest BCUT2D eigenvalue weighted by Crippen LogP contribution is 2.28. The molecule has 21 heavy (non-hydrogen) atoms. The summed E-state index contributed by atoms with van der Waals surface area (Å²) in [6.07, 6.45) is 3.87. The highest BCUT2D eigenvalue weighted by atomic mass is 16.5. The second-order valence-electron chi connectivity index (χ2n) is 5.20. The Kier molecular flexibility index (Phi) is 2.79. The summed E-state index contributed by atoms with van der Waals surface area (Å²) in [7, 11) is 0. The van der Waals surface area contributed by atoms with Crippen molar-refractivity contribution in [1.29, 1.82) is 0 Å². The highest BCUT2D eigenvalue weighted by molar-refractivity contribution is 5.67. The summed E-state index contributed by atoms with van der Waals surface area (Å²) in [4.78, 5) is 4.24. The van der Waals surface area contributed by atoms with Crippen LogP contribution in [0.1, 0.15) is 5.56 Å². The predicted molar refractivity (Wildman–Crippen MR) is 82.2 cm³/mol. The highest BCUT2D eigenvalue weighted by Gasteiger charge is 2.10. The number of benzene rings is 1. The Bertz CT molecular complexity index is 809. The lowest BCUT2D eigenvalue weighted by atomic mass is 10.0. The van der Waals surface area contributed by atoms with Gasteiger partial charge in [-0.15, -0.1) is 0 Å². The molecule has 0 amide bonds. The first kappa shape index (κ1) is 12.2. The summed E-state index contributed by atoms with van der Waals surface area (Å²) >= 11 is 0. The molecule has 4 rings (SSSR count). The zero-order valence-corrected chi connectivity index (χ0v) is 11.5. The second-order valence-corrected chi connectivity index (χ2v) is 5.20. The summed E-state index contributed by atoms with van der Waals surface area (Å²) in [6, 6.07) is 10.4. The van der Waals surface area contributed by atoms with E-state index in [1.807, 2.05) is 28.9 Å². The first-order valence-electron chi connectivity index (χ1n) is 7.01. The number of ether oxygens (including phenoxy) is 1. The van der Waals surface area contributed by atoms with Crippen LogP contribution in [0.3, 0.4) is 0 Å². The number of fused-ring (bicyclic) bond motifs is 2. The largest absolute Gasteiger partial charge is 0.492 e. The summed E-state index contributed by atoms with van der Waals surface area (Å²) in [5, 5.41) is 3.36. The quantitative estimate of drug-likeness (QED) is 0.716. The molecule has 3 heterocycles. The van der Waals surface area contributed by atoms with E-state index >= 15 is 0 Å². The number of pyridine rings is 1. The number of imidazole rings is 1. The molecule has 1 aliphatic heterocycles. The first-order valence-corrected chi connectivity index (χ1v) is 7.01. The van der Waals surface area contributed by atoms with Crippen LogP contribution in [-0.2, 0) is 6.54 Å². The third-order valence-corrected chi connectivity index (χ3v) is 3.72. The topological polar surface area (TPSA) is 64.6 Å². The lowest BCUT2D eigenvalue weighted by Gasteiger charge is -2.09. The van der Waals surface area contributed by atoms with Gasteiger partial charge in [0.05, 0.1) is 6.20 Å². The standard InChI is InChI=1S/C16H16N4O/c17-15-10-20-9-12(2-4-16(20)19-15)11-1-3-14-13(7-11)8-18-5-6-21-14/h1-4,7,9-10,18H,5-6,8,17H2. The maximum absolute atomic E-state index is 5.73. The van der Waals surface area contributed by atoms with Crippen molar-refractivity contribution in [2.45, 2.75) is 6.54 Å². The summed E-state index contributed by atoms with van der Waals surface area (Å²) in [5.41, 5.74) is 10.1. The molecule has 2 aromatic heterocycles. The molecule has 0 fully saturated rings. The van der Waals surface area contributed by atoms with E-state index in [9.17, 15) is 0 Å². The van der Waals surface area contributed by atoms with Crippen LogP contribution in [0.15, 0.2) is 42.7 Å². The van der Waals surface area contributed by atoms with Gasteiger partial charge in [-0.1, -0.05) is 6.07 Å². The maximum atomic E-state index is 5.73. The van der Waals surface area contributed by atoms with Crippen LogP contribution in [0.5, 0.6) is 5.75 Å². The van der Waals surface area contributed by atoms with Crippen molar-refractivity contribution in [2.24, 2.45) is 0 Å². The van der Waals surface area contributed by atoms with Crippen molar-refractivity contribution in [3.05, 3.63) is 48.3 Å². The van der Waals surface area contributed by atoms with E-state index in [1.54, 1.807) is 0 Å². The monoisotopic (exact) mass is 280 g/mol. The molecule has 1 aliphatic rings. The number of nitrogens with two attached hydrogens (primary N) is 1. The van der Waals surface area contributed by atoms with Crippen LogP contribution in [0, 0.1) is 0 Å². The molecule has 0 aliphatic carbocycles. The Morgan fingerprint density at radius 3 is 3.00 bits per heavy atom. The summed E-state index contributed by atoms with van der Waals surface area (Å²) in [5.74, 6) is 1.50. The van der Waals surface area contributed by atoms with Crippen molar-refractivity contribution < 1.29 is 4.74 Å². The molecule has 0 bridgehead atoms. The molecule has 0 saturated carbocycles. The van der Waals surface area contributed by atoms with Gasteiger partial charge in [-0.3, -0.25) is 0 Å². The molecule has 0 unspecified atom stereocenters. The van der Waals surface area contributed by atoms with Gasteiger partial charge < -0.3 is 20.2 Å². The molecule has 0 saturated heterocycles. The van der Waals surface area contributed by atoms with E-state index in [1.165, 1.54) is 5.56 Å². The van der Waals surface area contributed by atoms with Gasteiger partial charge in [0, 0.05) is 24.8 Å². The Morgan fingerprint density at radius 1 is 1.14 bits per heavy atom. The number of hydrogen-bond acceptors (Lipinski definition) is 4. The molecule has 5 nitrogen and oxygen atoms in total. The lowest BCUT2D eigenvalue weighted by Crippen LogP contribution is -2.16. The fraction of sp³-hybridized carbons (Fsp3) is 0.188. The fourth-order valence-corrected chi connectivity index (χ4v) is 2.68. The number of rotatable bonds is 1. The summed E-state index contributed by atoms with van der Waals surface area (Å²) < 4.78 is 7.67. The van der Waals surface area contributed by atoms with Crippen LogP contribution in [0.4, 0.5) is 5.82 Å². The predicted octanol–water partition coefficient (Wildman–Crippen LogP) is 2.07. The van der Waals surface area contributed by atoms with Crippen molar-refractivity contribution in [2.75, 3.05) is 18.9 Å². The SMILES string of the molecule is Nc1cn2cc(-c3ccc4c(c3)CNCCO4)ccc2n1. The minimum atomic E-state index is 0.534. The van der Waals surface area contributed by atoms with Gasteiger partial charge in [-0.25, -0.2) is 4.98 Å². The fourth-order valence-electron chi connectivity index (χ4n) is 2.68. The van der Waals surface area contributed by atoms with Gasteiger partial charge >= 0.3 is 0 Å². The Balaban J connectivity index is 1.78. The van der Waals surface area contributed by atoms with Gasteiger partial charge in [0.1, 0.15) is 23.8 Å². The Morgan fingerprint density at radius 2 is 2.05 bits per heavy atom. The molecule has 1 aromatic carbocycles. The number of nitrogen functional groups attached to an aromatic ring is 1. The number of anilines is 1. The van der Waals surface area contributed by atoms with Crippen molar-refractivity contribution in [1.82, 2.24) is 14.7 Å². The van der Waals surface area contributed by atoms with Crippen molar-refractivity contribution >= 4 is 11.5 Å². The molecule has 0 radical (unpaired) electrons. The zero-order chi connectivity index (χ0) is 14.2. The van der Waals surface area contributed by atoms with E-state index < -0.39 is 0 Å². The van der Waals surface area contributed by atoms with Crippen molar-refractivity contribution in [3.63, 3.8) is 0 Å². The van der Waals surface area contributed by atoms with Gasteiger partial charge in [-0.2, -0.15) is 0 Å². The van der Waals surface area contributed by atoms with Gasteiger partial charge in [0.25, 0.3) is 0 Å². The summed E-state index contributed by atoms with van der Waals surface area (Å²) in [6.45, 7) is 2.43. The maximum Gasteiger partial charge on any atom is 0.142 e. The number of aromatic nitrogens is 2. The minimum Gasteiger partial charge on any atom is -0.492 e. The molecule has 106 valence electrons. The average molecular weight is 280 g/mol. The third-order valence-electron chi connectivity index (χ3n) is 3.72. The average Bonchev–Trinajstić information content (AvgIpc) is 2.71. The van der Waals surface area contributed by atoms with Crippen LogP contribution in [-0.4, -0.2) is 22.5 Å². The Hall–Kier alpha value is -2.53. The third kappa shape index (κ3) is 2.21. The zero-order valence-electron chi connectivity index (χ0n) is 11.5. The van der Waals surface area contributed by atoms with E-state index in [0.29, 0.717) is 12.4 Å². The van der Waals surface area contributed by atoms with E-state index in [-0.39, 0.29) is 0 Å². The molecule has 5 heteroatoms. The first-order chi connectivity index (χ1) is 10.3. The van der Waals surface area contributed by atoms with E-state index in [4.69, 9.17) is 10.5 Å². The number of nitrogens with one attached hydrogen (secondary N) is 1. The van der Waals surface area contributed by atoms with Crippen LogP contribution in [0.2, 0.25) is 0 Å². The Labute approximate surface area is 122 Å². The molecular weight excluding hydrogens is 264 g/mol. The molecule has 0 atom stereocenters. The smallest absolute Gasteiger partial charge is 0.142 e. The van der Waals surface area contributed by atoms with Gasteiger partial charge in [-0.05, 0) is 35.4 Å². The van der Waals surface area contributed by atoms with E-state index in [2.05, 4.69) is 28.5 Å². The number of hydrogen-bond donors (Lipinski definition) is 2. The van der Waals surface area contributed by atoms with Crippen LogP contribution < -0.4 is 15.8 Å². The molecule has 3 aromatic rings. The van der Waals surface area contributed by atoms with Gasteiger partial charge in [0.15, 0.2) is 0 Å². The van der Waals surface area contributed by atoms with Crippen molar-refractivity contribution in [3.8, 4) is 16.9 Å².